The fourth-order valence-electron chi connectivity index (χ4n) is 1.94. The van der Waals surface area contributed by atoms with E-state index in [0.29, 0.717) is 24.9 Å². The van der Waals surface area contributed by atoms with Gasteiger partial charge in [0.25, 0.3) is 0 Å². The molecule has 0 saturated heterocycles. The zero-order chi connectivity index (χ0) is 15.7. The van der Waals surface area contributed by atoms with Gasteiger partial charge in [0.05, 0.1) is 13.4 Å². The summed E-state index contributed by atoms with van der Waals surface area (Å²) in [6.07, 6.45) is 5.05. The Labute approximate surface area is 124 Å². The van der Waals surface area contributed by atoms with Crippen LogP contribution in [0.15, 0.2) is 42.7 Å². The molecule has 5 nitrogen and oxygen atoms in total. The van der Waals surface area contributed by atoms with Gasteiger partial charge in [0.2, 0.25) is 5.91 Å². The van der Waals surface area contributed by atoms with Crippen LogP contribution in [0.3, 0.4) is 0 Å². The van der Waals surface area contributed by atoms with Crippen LogP contribution in [0, 0.1) is 0 Å². The van der Waals surface area contributed by atoms with Crippen LogP contribution < -0.4 is 4.90 Å². The van der Waals surface area contributed by atoms with E-state index in [0.717, 1.165) is 0 Å². The van der Waals surface area contributed by atoms with Crippen molar-refractivity contribution in [2.75, 3.05) is 12.0 Å². The number of carbonyl (C=O) groups is 2. The Morgan fingerprint density at radius 1 is 1.33 bits per heavy atom. The summed E-state index contributed by atoms with van der Waals surface area (Å²) in [6, 6.07) is 7.98. The molecule has 0 aliphatic rings. The zero-order valence-corrected chi connectivity index (χ0v) is 12.4. The van der Waals surface area contributed by atoms with Gasteiger partial charge in [-0.25, -0.2) is 4.79 Å². The van der Waals surface area contributed by atoms with Gasteiger partial charge in [0.1, 0.15) is 6.04 Å². The van der Waals surface area contributed by atoms with Crippen molar-refractivity contribution in [3.05, 3.63) is 42.7 Å². The first-order valence-corrected chi connectivity index (χ1v) is 6.85. The first-order chi connectivity index (χ1) is 10.1. The smallest absolute Gasteiger partial charge is 0.326 e. The lowest BCUT2D eigenvalue weighted by Gasteiger charge is -2.26. The van der Waals surface area contributed by atoms with Crippen LogP contribution in [-0.2, 0) is 14.3 Å². The molecule has 5 heteroatoms. The molecule has 21 heavy (non-hydrogen) atoms. The molecule has 1 N–H and O–H groups in total. The standard InChI is InChI=1S/C16H21NO4/c1-13(16(19)20)17(14-9-5-3-6-10-14)15(18)11-7-4-8-12-21-2/h3,5-6,8-10,12-13H,4,7,11H2,1-2H3,(H,19,20)/b12-8+. The Bertz CT molecular complexity index is 484. The Balaban J connectivity index is 2.75. The number of carboxylic acids is 1. The predicted molar refractivity (Wildman–Crippen MR) is 81.0 cm³/mol. The van der Waals surface area contributed by atoms with Crippen LogP contribution >= 0.6 is 0 Å². The first kappa shape index (κ1) is 16.8. The van der Waals surface area contributed by atoms with Gasteiger partial charge in [0.15, 0.2) is 0 Å². The van der Waals surface area contributed by atoms with E-state index in [2.05, 4.69) is 0 Å². The second kappa shape index (κ2) is 8.79. The number of benzene rings is 1. The summed E-state index contributed by atoms with van der Waals surface area (Å²) in [5.74, 6) is -1.21. The van der Waals surface area contributed by atoms with Crippen LogP contribution in [0.4, 0.5) is 5.69 Å². The normalized spacial score (nSPS) is 12.1. The highest BCUT2D eigenvalue weighted by molar-refractivity contribution is 5.98. The molecule has 1 unspecified atom stereocenters. The maximum atomic E-state index is 12.3. The van der Waals surface area contributed by atoms with Crippen molar-refractivity contribution in [3.63, 3.8) is 0 Å². The molecule has 0 radical (unpaired) electrons. The van der Waals surface area contributed by atoms with Crippen molar-refractivity contribution >= 4 is 17.6 Å². The van der Waals surface area contributed by atoms with Gasteiger partial charge in [-0.1, -0.05) is 18.2 Å². The van der Waals surface area contributed by atoms with Gasteiger partial charge in [-0.15, -0.1) is 0 Å². The average molecular weight is 291 g/mol. The Hall–Kier alpha value is -2.30. The van der Waals surface area contributed by atoms with E-state index in [4.69, 9.17) is 4.74 Å². The van der Waals surface area contributed by atoms with Gasteiger partial charge < -0.3 is 9.84 Å². The molecule has 1 aromatic carbocycles. The SMILES string of the molecule is CO/C=C/CCCC(=O)N(c1ccccc1)C(C)C(=O)O. The minimum absolute atomic E-state index is 0.193. The van der Waals surface area contributed by atoms with Crippen molar-refractivity contribution in [1.29, 1.82) is 0 Å². The number of aliphatic carboxylic acids is 1. The number of carbonyl (C=O) groups excluding carboxylic acids is 1. The van der Waals surface area contributed by atoms with E-state index in [9.17, 15) is 14.7 Å². The number of para-hydroxylation sites is 1. The molecule has 1 aromatic rings. The van der Waals surface area contributed by atoms with Crippen molar-refractivity contribution in [1.82, 2.24) is 0 Å². The summed E-state index contributed by atoms with van der Waals surface area (Å²) in [7, 11) is 1.56. The summed E-state index contributed by atoms with van der Waals surface area (Å²) < 4.78 is 4.78. The quantitative estimate of drug-likeness (QED) is 0.591. The molecule has 0 fully saturated rings. The first-order valence-electron chi connectivity index (χ1n) is 6.85. The van der Waals surface area contributed by atoms with Gasteiger partial charge in [0, 0.05) is 12.1 Å². The van der Waals surface area contributed by atoms with Crippen LogP contribution in [-0.4, -0.2) is 30.1 Å². The zero-order valence-electron chi connectivity index (χ0n) is 12.4. The minimum atomic E-state index is -1.02. The largest absolute Gasteiger partial charge is 0.505 e. The minimum Gasteiger partial charge on any atom is -0.505 e. The van der Waals surface area contributed by atoms with Crippen LogP contribution in [0.2, 0.25) is 0 Å². The van der Waals surface area contributed by atoms with Crippen molar-refractivity contribution in [2.24, 2.45) is 0 Å². The Kier molecular flexibility index (Phi) is 7.01. The Morgan fingerprint density at radius 2 is 2.00 bits per heavy atom. The van der Waals surface area contributed by atoms with Gasteiger partial charge >= 0.3 is 5.97 Å². The highest BCUT2D eigenvalue weighted by Gasteiger charge is 2.26. The number of nitrogens with zero attached hydrogens (tertiary/aromatic N) is 1. The second-order valence-electron chi connectivity index (χ2n) is 4.61. The summed E-state index contributed by atoms with van der Waals surface area (Å²) in [5.41, 5.74) is 0.602. The van der Waals surface area contributed by atoms with E-state index in [1.54, 1.807) is 37.6 Å². The third kappa shape index (κ3) is 5.30. The number of carboxylic acid groups (broad SMARTS) is 1. The molecule has 114 valence electrons. The molecular weight excluding hydrogens is 270 g/mol. The lowest BCUT2D eigenvalue weighted by atomic mass is 10.1. The fourth-order valence-corrected chi connectivity index (χ4v) is 1.94. The number of ether oxygens (including phenoxy) is 1. The molecule has 0 aromatic heterocycles. The lowest BCUT2D eigenvalue weighted by Crippen LogP contribution is -2.43. The number of amides is 1. The van der Waals surface area contributed by atoms with Crippen LogP contribution in [0.25, 0.3) is 0 Å². The number of anilines is 1. The maximum Gasteiger partial charge on any atom is 0.326 e. The van der Waals surface area contributed by atoms with Gasteiger partial charge in [-0.05, 0) is 38.0 Å². The van der Waals surface area contributed by atoms with E-state index in [1.165, 1.54) is 11.8 Å². The van der Waals surface area contributed by atoms with Crippen molar-refractivity contribution in [2.45, 2.75) is 32.2 Å². The van der Waals surface area contributed by atoms with Gasteiger partial charge in [-0.2, -0.15) is 0 Å². The fraction of sp³-hybridized carbons (Fsp3) is 0.375. The number of methoxy groups -OCH3 is 1. The molecule has 0 heterocycles. The van der Waals surface area contributed by atoms with E-state index >= 15 is 0 Å². The van der Waals surface area contributed by atoms with Crippen molar-refractivity contribution < 1.29 is 19.4 Å². The number of allylic oxidation sites excluding steroid dienone is 1. The Morgan fingerprint density at radius 3 is 2.57 bits per heavy atom. The van der Waals surface area contributed by atoms with E-state index in [-0.39, 0.29) is 5.91 Å². The van der Waals surface area contributed by atoms with E-state index in [1.807, 2.05) is 12.1 Å². The van der Waals surface area contributed by atoms with Gasteiger partial charge in [-0.3, -0.25) is 9.69 Å². The summed E-state index contributed by atoms with van der Waals surface area (Å²) >= 11 is 0. The number of unbranched alkanes of at least 4 members (excludes halogenated alkanes) is 1. The molecule has 0 spiro atoms. The average Bonchev–Trinajstić information content (AvgIpc) is 2.48. The summed E-state index contributed by atoms with van der Waals surface area (Å²) in [6.45, 7) is 1.51. The molecule has 1 amide bonds. The summed E-state index contributed by atoms with van der Waals surface area (Å²) in [4.78, 5) is 24.9. The summed E-state index contributed by atoms with van der Waals surface area (Å²) in [5, 5.41) is 9.18. The van der Waals surface area contributed by atoms with Crippen LogP contribution in [0.5, 0.6) is 0 Å². The van der Waals surface area contributed by atoms with Crippen LogP contribution in [0.1, 0.15) is 26.2 Å². The predicted octanol–water partition coefficient (Wildman–Crippen LogP) is 2.82. The topological polar surface area (TPSA) is 66.8 Å². The number of hydrogen-bond donors (Lipinski definition) is 1. The third-order valence-corrected chi connectivity index (χ3v) is 3.04. The van der Waals surface area contributed by atoms with Crippen molar-refractivity contribution in [3.8, 4) is 0 Å². The monoisotopic (exact) mass is 291 g/mol. The molecule has 0 aliphatic carbocycles. The second-order valence-corrected chi connectivity index (χ2v) is 4.61. The number of rotatable bonds is 8. The molecule has 0 aliphatic heterocycles. The number of hydrogen-bond acceptors (Lipinski definition) is 3. The lowest BCUT2D eigenvalue weighted by molar-refractivity contribution is -0.139. The molecular formula is C16H21NO4. The molecule has 0 saturated carbocycles. The third-order valence-electron chi connectivity index (χ3n) is 3.04. The van der Waals surface area contributed by atoms with E-state index < -0.39 is 12.0 Å². The maximum absolute atomic E-state index is 12.3. The molecule has 1 rings (SSSR count). The highest BCUT2D eigenvalue weighted by Crippen LogP contribution is 2.19. The molecule has 0 bridgehead atoms. The highest BCUT2D eigenvalue weighted by atomic mass is 16.5. The molecule has 1 atom stereocenters.